The summed E-state index contributed by atoms with van der Waals surface area (Å²) in [5.74, 6) is 2.14. The Balaban J connectivity index is 1.50. The second kappa shape index (κ2) is 9.69. The maximum atomic E-state index is 6.05. The van der Waals surface area contributed by atoms with Gasteiger partial charge < -0.3 is 9.47 Å². The lowest BCUT2D eigenvalue weighted by Crippen LogP contribution is -2.32. The van der Waals surface area contributed by atoms with Crippen LogP contribution in [0.1, 0.15) is 37.8 Å². The van der Waals surface area contributed by atoms with Crippen LogP contribution in [-0.4, -0.2) is 17.8 Å². The number of para-hydroxylation sites is 4. The number of benzene rings is 3. The van der Waals surface area contributed by atoms with Crippen molar-refractivity contribution in [2.24, 2.45) is 0 Å². The molecule has 1 aromatic heterocycles. The van der Waals surface area contributed by atoms with Gasteiger partial charge in [-0.1, -0.05) is 62.4 Å². The molecular weight excluding hydrogens is 384 g/mol. The van der Waals surface area contributed by atoms with E-state index in [1.807, 2.05) is 31.2 Å². The smallest absolute Gasteiger partial charge is 0.245 e. The first-order chi connectivity index (χ1) is 15.2. The number of nitrogens with zero attached hydrogens (tertiary/aromatic N) is 2. The Morgan fingerprint density at radius 1 is 0.839 bits per heavy atom. The summed E-state index contributed by atoms with van der Waals surface area (Å²) in [4.78, 5) is 0. The lowest BCUT2D eigenvalue weighted by atomic mass is 10.0. The van der Waals surface area contributed by atoms with E-state index in [0.717, 1.165) is 24.6 Å². The van der Waals surface area contributed by atoms with Crippen LogP contribution in [0.4, 0.5) is 0 Å². The highest BCUT2D eigenvalue weighted by atomic mass is 16.5. The van der Waals surface area contributed by atoms with E-state index >= 15 is 0 Å². The zero-order chi connectivity index (χ0) is 21.6. The molecule has 4 rings (SSSR count). The number of ether oxygens (including phenoxy) is 2. The first-order valence-corrected chi connectivity index (χ1v) is 11.1. The Morgan fingerprint density at radius 2 is 1.52 bits per heavy atom. The van der Waals surface area contributed by atoms with E-state index in [9.17, 15) is 0 Å². The van der Waals surface area contributed by atoms with E-state index in [-0.39, 0.29) is 0 Å². The average Bonchev–Trinajstić information content (AvgIpc) is 3.13. The standard InChI is InChI=1S/C27H31N2O2/c1-4-30-26-11-7-8-12-27(26)31-18-17-28-20-29(25-10-6-5-9-24(25)28)19-22-13-15-23(16-14-22)21(2)3/h5-16,20-21H,4,17-19H2,1-3H3/q+1. The lowest BCUT2D eigenvalue weighted by molar-refractivity contribution is -0.663. The molecule has 0 N–H and O–H groups in total. The van der Waals surface area contributed by atoms with Crippen LogP contribution >= 0.6 is 0 Å². The quantitative estimate of drug-likeness (QED) is 0.334. The first kappa shape index (κ1) is 21.0. The van der Waals surface area contributed by atoms with Crippen molar-refractivity contribution in [3.8, 4) is 11.5 Å². The van der Waals surface area contributed by atoms with Gasteiger partial charge in [-0.2, -0.15) is 0 Å². The van der Waals surface area contributed by atoms with E-state index in [0.29, 0.717) is 19.1 Å². The summed E-state index contributed by atoms with van der Waals surface area (Å²) in [6.45, 7) is 9.25. The van der Waals surface area contributed by atoms with Crippen LogP contribution in [-0.2, 0) is 13.1 Å². The second-order valence-corrected chi connectivity index (χ2v) is 8.05. The van der Waals surface area contributed by atoms with Crippen molar-refractivity contribution in [2.75, 3.05) is 13.2 Å². The Labute approximate surface area is 184 Å². The monoisotopic (exact) mass is 415 g/mol. The number of rotatable bonds is 9. The largest absolute Gasteiger partial charge is 0.490 e. The van der Waals surface area contributed by atoms with Crippen molar-refractivity contribution in [3.05, 3.63) is 90.3 Å². The highest BCUT2D eigenvalue weighted by Crippen LogP contribution is 2.26. The van der Waals surface area contributed by atoms with Crippen LogP contribution in [0.15, 0.2) is 79.1 Å². The van der Waals surface area contributed by atoms with E-state index in [1.165, 1.54) is 22.2 Å². The van der Waals surface area contributed by atoms with Crippen molar-refractivity contribution in [1.82, 2.24) is 4.57 Å². The fourth-order valence-electron chi connectivity index (χ4n) is 3.85. The van der Waals surface area contributed by atoms with Crippen molar-refractivity contribution >= 4 is 11.0 Å². The molecule has 4 nitrogen and oxygen atoms in total. The fraction of sp³-hybridized carbons (Fsp3) is 0.296. The van der Waals surface area contributed by atoms with E-state index in [2.05, 4.69) is 77.8 Å². The number of imidazole rings is 1. The zero-order valence-electron chi connectivity index (χ0n) is 18.6. The molecule has 0 fully saturated rings. The van der Waals surface area contributed by atoms with Crippen LogP contribution in [0, 0.1) is 0 Å². The fourth-order valence-corrected chi connectivity index (χ4v) is 3.85. The zero-order valence-corrected chi connectivity index (χ0v) is 18.6. The van der Waals surface area contributed by atoms with Gasteiger partial charge in [-0.3, -0.25) is 0 Å². The molecule has 0 bridgehead atoms. The number of aromatic nitrogens is 2. The minimum atomic E-state index is 0.552. The molecule has 0 saturated carbocycles. The van der Waals surface area contributed by atoms with Gasteiger partial charge in [-0.25, -0.2) is 9.13 Å². The topological polar surface area (TPSA) is 27.3 Å². The molecule has 3 aromatic carbocycles. The van der Waals surface area contributed by atoms with Crippen LogP contribution < -0.4 is 14.0 Å². The lowest BCUT2D eigenvalue weighted by Gasteiger charge is -2.10. The van der Waals surface area contributed by atoms with Gasteiger partial charge in [0.25, 0.3) is 0 Å². The molecule has 0 aliphatic carbocycles. The minimum absolute atomic E-state index is 0.552. The van der Waals surface area contributed by atoms with Gasteiger partial charge in [-0.15, -0.1) is 0 Å². The Kier molecular flexibility index (Phi) is 6.56. The maximum Gasteiger partial charge on any atom is 0.245 e. The normalized spacial score (nSPS) is 11.2. The molecule has 0 atom stereocenters. The van der Waals surface area contributed by atoms with Crippen molar-refractivity contribution in [2.45, 2.75) is 39.8 Å². The summed E-state index contributed by atoms with van der Waals surface area (Å²) in [7, 11) is 0. The van der Waals surface area contributed by atoms with E-state index in [4.69, 9.17) is 9.47 Å². The Hall–Kier alpha value is -3.27. The summed E-state index contributed by atoms with van der Waals surface area (Å²) in [6.07, 6.45) is 2.19. The predicted molar refractivity (Wildman–Crippen MR) is 125 cm³/mol. The minimum Gasteiger partial charge on any atom is -0.490 e. The highest BCUT2D eigenvalue weighted by Gasteiger charge is 2.16. The van der Waals surface area contributed by atoms with Crippen LogP contribution in [0.5, 0.6) is 11.5 Å². The summed E-state index contributed by atoms with van der Waals surface area (Å²) in [5.41, 5.74) is 5.12. The number of fused-ring (bicyclic) bond motifs is 1. The van der Waals surface area contributed by atoms with E-state index in [1.54, 1.807) is 0 Å². The number of hydrogen-bond donors (Lipinski definition) is 0. The second-order valence-electron chi connectivity index (χ2n) is 8.05. The Morgan fingerprint density at radius 3 is 2.23 bits per heavy atom. The SMILES string of the molecule is CCOc1ccccc1OCCn1c[n+](Cc2ccc(C(C)C)cc2)c2ccccc21. The summed E-state index contributed by atoms with van der Waals surface area (Å²) >= 11 is 0. The molecule has 0 saturated heterocycles. The molecule has 0 aliphatic heterocycles. The molecule has 4 heteroatoms. The molecule has 160 valence electrons. The van der Waals surface area contributed by atoms with Crippen molar-refractivity contribution < 1.29 is 14.0 Å². The summed E-state index contributed by atoms with van der Waals surface area (Å²) < 4.78 is 16.3. The predicted octanol–water partition coefficient (Wildman–Crippen LogP) is 5.58. The van der Waals surface area contributed by atoms with Crippen molar-refractivity contribution in [3.63, 3.8) is 0 Å². The molecule has 0 spiro atoms. The van der Waals surface area contributed by atoms with Gasteiger partial charge >= 0.3 is 0 Å². The van der Waals surface area contributed by atoms with Gasteiger partial charge in [0.2, 0.25) is 6.33 Å². The van der Waals surface area contributed by atoms with E-state index < -0.39 is 0 Å². The average molecular weight is 416 g/mol. The summed E-state index contributed by atoms with van der Waals surface area (Å²) in [6, 6.07) is 25.3. The van der Waals surface area contributed by atoms with Crippen molar-refractivity contribution in [1.29, 1.82) is 0 Å². The van der Waals surface area contributed by atoms with Gasteiger partial charge in [0, 0.05) is 0 Å². The molecular formula is C27H31N2O2+. The van der Waals surface area contributed by atoms with Gasteiger partial charge in [0.1, 0.15) is 19.7 Å². The van der Waals surface area contributed by atoms with Gasteiger partial charge in [-0.05, 0) is 48.2 Å². The molecule has 31 heavy (non-hydrogen) atoms. The Bertz CT molecular complexity index is 1130. The molecule has 0 unspecified atom stereocenters. The molecule has 1 heterocycles. The molecule has 4 aromatic rings. The first-order valence-electron chi connectivity index (χ1n) is 11.1. The van der Waals surface area contributed by atoms with Gasteiger partial charge in [0.05, 0.1) is 6.61 Å². The summed E-state index contributed by atoms with van der Waals surface area (Å²) in [5, 5.41) is 0. The third kappa shape index (κ3) is 4.91. The number of hydrogen-bond acceptors (Lipinski definition) is 2. The van der Waals surface area contributed by atoms with Gasteiger partial charge in [0.15, 0.2) is 22.5 Å². The molecule has 0 radical (unpaired) electrons. The van der Waals surface area contributed by atoms with Crippen LogP contribution in [0.25, 0.3) is 11.0 Å². The third-order valence-corrected chi connectivity index (χ3v) is 5.52. The van der Waals surface area contributed by atoms with Crippen LogP contribution in [0.3, 0.4) is 0 Å². The highest BCUT2D eigenvalue weighted by molar-refractivity contribution is 5.71. The molecule has 0 amide bonds. The van der Waals surface area contributed by atoms with Crippen LogP contribution in [0.2, 0.25) is 0 Å². The third-order valence-electron chi connectivity index (χ3n) is 5.52. The molecule has 0 aliphatic rings. The maximum absolute atomic E-state index is 6.05.